The first-order valence-electron chi connectivity index (χ1n) is 10.7. The molecule has 0 saturated carbocycles. The Bertz CT molecular complexity index is 1180. The molecule has 0 unspecified atom stereocenters. The van der Waals surface area contributed by atoms with E-state index >= 15 is 0 Å². The van der Waals surface area contributed by atoms with Crippen LogP contribution in [0.3, 0.4) is 0 Å². The molecular formula is C24H23ClN6O. The lowest BCUT2D eigenvalue weighted by Crippen LogP contribution is -2.40. The molecule has 1 aliphatic rings. The first-order chi connectivity index (χ1) is 15.7. The summed E-state index contributed by atoms with van der Waals surface area (Å²) in [6, 6.07) is 17.8. The van der Waals surface area contributed by atoms with Crippen LogP contribution >= 0.6 is 11.6 Å². The maximum atomic E-state index is 13.2. The van der Waals surface area contributed by atoms with Crippen molar-refractivity contribution in [2.45, 2.75) is 25.3 Å². The Hall–Kier alpha value is -3.45. The lowest BCUT2D eigenvalue weighted by Gasteiger charge is -2.32. The number of likely N-dealkylation sites (tertiary alicyclic amines) is 1. The molecule has 5 rings (SSSR count). The second-order valence-electron chi connectivity index (χ2n) is 7.95. The van der Waals surface area contributed by atoms with Gasteiger partial charge in [-0.15, -0.1) is 0 Å². The molecule has 32 heavy (non-hydrogen) atoms. The van der Waals surface area contributed by atoms with Gasteiger partial charge in [-0.1, -0.05) is 41.9 Å². The van der Waals surface area contributed by atoms with Gasteiger partial charge in [0.25, 0.3) is 0 Å². The summed E-state index contributed by atoms with van der Waals surface area (Å²) in [6.45, 7) is 1.43. The Morgan fingerprint density at radius 2 is 1.78 bits per heavy atom. The number of halogens is 1. The SMILES string of the molecule is O=C(Cc1cn(-c2ccccc2)nc1-c1ccc(Cl)cc1)N1CCC(n2cncn2)CC1. The topological polar surface area (TPSA) is 68.8 Å². The minimum absolute atomic E-state index is 0.116. The minimum atomic E-state index is 0.116. The number of rotatable bonds is 5. The second-order valence-corrected chi connectivity index (χ2v) is 8.39. The highest BCUT2D eigenvalue weighted by atomic mass is 35.5. The number of amides is 1. The summed E-state index contributed by atoms with van der Waals surface area (Å²) in [5.41, 5.74) is 3.60. The van der Waals surface area contributed by atoms with Gasteiger partial charge in [-0.05, 0) is 37.1 Å². The standard InChI is InChI=1S/C24H23ClN6O/c25-20-8-6-18(7-9-20)24-19(15-30(28-24)21-4-2-1-3-5-21)14-23(32)29-12-10-22(11-13-29)31-17-26-16-27-31/h1-9,15-17,22H,10-14H2. The van der Waals surface area contributed by atoms with E-state index in [1.165, 1.54) is 0 Å². The quantitative estimate of drug-likeness (QED) is 0.461. The number of para-hydroxylation sites is 1. The molecule has 4 aromatic rings. The Kier molecular flexibility index (Phi) is 5.73. The molecule has 2 aromatic heterocycles. The molecule has 8 heteroatoms. The minimum Gasteiger partial charge on any atom is -0.342 e. The molecule has 0 radical (unpaired) electrons. The van der Waals surface area contributed by atoms with Crippen molar-refractivity contribution in [3.8, 4) is 16.9 Å². The number of piperidine rings is 1. The van der Waals surface area contributed by atoms with Gasteiger partial charge in [0.1, 0.15) is 12.7 Å². The Morgan fingerprint density at radius 3 is 2.47 bits per heavy atom. The number of aromatic nitrogens is 5. The zero-order valence-corrected chi connectivity index (χ0v) is 18.3. The van der Waals surface area contributed by atoms with Gasteiger partial charge in [0.05, 0.1) is 23.8 Å². The van der Waals surface area contributed by atoms with Crippen LogP contribution < -0.4 is 0 Å². The number of hydrogen-bond acceptors (Lipinski definition) is 4. The van der Waals surface area contributed by atoms with Crippen molar-refractivity contribution in [2.75, 3.05) is 13.1 Å². The summed E-state index contributed by atoms with van der Waals surface area (Å²) in [5.74, 6) is 0.116. The number of nitrogens with zero attached hydrogens (tertiary/aromatic N) is 6. The van der Waals surface area contributed by atoms with E-state index < -0.39 is 0 Å². The lowest BCUT2D eigenvalue weighted by molar-refractivity contribution is -0.131. The number of benzene rings is 2. The molecule has 0 N–H and O–H groups in total. The average molecular weight is 447 g/mol. The van der Waals surface area contributed by atoms with Gasteiger partial charge in [0, 0.05) is 35.4 Å². The van der Waals surface area contributed by atoms with E-state index in [9.17, 15) is 4.79 Å². The maximum absolute atomic E-state index is 13.2. The summed E-state index contributed by atoms with van der Waals surface area (Å²) in [7, 11) is 0. The van der Waals surface area contributed by atoms with E-state index in [1.54, 1.807) is 12.7 Å². The van der Waals surface area contributed by atoms with Crippen molar-refractivity contribution < 1.29 is 4.79 Å². The van der Waals surface area contributed by atoms with Gasteiger partial charge in [0.15, 0.2) is 0 Å². The van der Waals surface area contributed by atoms with Crippen LogP contribution in [-0.2, 0) is 11.2 Å². The smallest absolute Gasteiger partial charge is 0.227 e. The number of carbonyl (C=O) groups is 1. The van der Waals surface area contributed by atoms with Crippen molar-refractivity contribution in [1.29, 1.82) is 0 Å². The highest BCUT2D eigenvalue weighted by Crippen LogP contribution is 2.27. The van der Waals surface area contributed by atoms with Crippen LogP contribution in [0.15, 0.2) is 73.4 Å². The summed E-state index contributed by atoms with van der Waals surface area (Å²) in [5, 5.41) is 9.72. The maximum Gasteiger partial charge on any atom is 0.227 e. The third-order valence-corrected chi connectivity index (χ3v) is 6.15. The Balaban J connectivity index is 1.37. The summed E-state index contributed by atoms with van der Waals surface area (Å²) < 4.78 is 3.73. The van der Waals surface area contributed by atoms with Crippen molar-refractivity contribution in [2.24, 2.45) is 0 Å². The second kappa shape index (κ2) is 8.96. The van der Waals surface area contributed by atoms with Crippen LogP contribution in [0.25, 0.3) is 16.9 Å². The Morgan fingerprint density at radius 1 is 1.03 bits per heavy atom. The van der Waals surface area contributed by atoms with Crippen LogP contribution in [0.5, 0.6) is 0 Å². The summed E-state index contributed by atoms with van der Waals surface area (Å²) >= 11 is 6.08. The molecule has 1 amide bonds. The fourth-order valence-corrected chi connectivity index (χ4v) is 4.29. The molecule has 7 nitrogen and oxygen atoms in total. The van der Waals surface area contributed by atoms with E-state index in [0.717, 1.165) is 35.3 Å². The van der Waals surface area contributed by atoms with Gasteiger partial charge in [-0.3, -0.25) is 4.79 Å². The predicted octanol–water partition coefficient (Wildman–Crippen LogP) is 4.19. The van der Waals surface area contributed by atoms with E-state index in [-0.39, 0.29) is 5.91 Å². The van der Waals surface area contributed by atoms with E-state index in [2.05, 4.69) is 10.1 Å². The summed E-state index contributed by atoms with van der Waals surface area (Å²) in [6.07, 6.45) is 7.32. The molecule has 0 spiro atoms. The molecule has 1 fully saturated rings. The van der Waals surface area contributed by atoms with Gasteiger partial charge in [0.2, 0.25) is 5.91 Å². The third kappa shape index (κ3) is 4.29. The normalized spacial score (nSPS) is 14.6. The van der Waals surface area contributed by atoms with Gasteiger partial charge in [-0.25, -0.2) is 14.3 Å². The van der Waals surface area contributed by atoms with Gasteiger partial charge in [-0.2, -0.15) is 10.2 Å². The molecule has 0 bridgehead atoms. The largest absolute Gasteiger partial charge is 0.342 e. The predicted molar refractivity (Wildman–Crippen MR) is 123 cm³/mol. The monoisotopic (exact) mass is 446 g/mol. The first-order valence-corrected chi connectivity index (χ1v) is 11.1. The van der Waals surface area contributed by atoms with Crippen LogP contribution in [-0.4, -0.2) is 48.4 Å². The first kappa shape index (κ1) is 20.5. The van der Waals surface area contributed by atoms with E-state index in [4.69, 9.17) is 16.7 Å². The van der Waals surface area contributed by atoms with E-state index in [1.807, 2.05) is 75.1 Å². The van der Waals surface area contributed by atoms with Crippen LogP contribution in [0.1, 0.15) is 24.4 Å². The van der Waals surface area contributed by atoms with Crippen molar-refractivity contribution in [3.63, 3.8) is 0 Å². The van der Waals surface area contributed by atoms with Crippen molar-refractivity contribution in [1.82, 2.24) is 29.4 Å². The Labute approximate surface area is 191 Å². The zero-order chi connectivity index (χ0) is 21.9. The van der Waals surface area contributed by atoms with Crippen molar-refractivity contribution >= 4 is 17.5 Å². The molecule has 2 aromatic carbocycles. The molecule has 162 valence electrons. The molecule has 0 aliphatic carbocycles. The van der Waals surface area contributed by atoms with Gasteiger partial charge >= 0.3 is 0 Å². The molecule has 1 saturated heterocycles. The van der Waals surface area contributed by atoms with Gasteiger partial charge < -0.3 is 4.90 Å². The van der Waals surface area contributed by atoms with E-state index in [0.29, 0.717) is 30.6 Å². The van der Waals surface area contributed by atoms with Crippen LogP contribution in [0, 0.1) is 0 Å². The zero-order valence-electron chi connectivity index (χ0n) is 17.5. The number of carbonyl (C=O) groups excluding carboxylic acids is 1. The van der Waals surface area contributed by atoms with Crippen LogP contribution in [0.4, 0.5) is 0 Å². The average Bonchev–Trinajstić information content (AvgIpc) is 3.51. The number of hydrogen-bond donors (Lipinski definition) is 0. The fourth-order valence-electron chi connectivity index (χ4n) is 4.16. The lowest BCUT2D eigenvalue weighted by atomic mass is 10.0. The highest BCUT2D eigenvalue weighted by Gasteiger charge is 2.25. The molecular weight excluding hydrogens is 424 g/mol. The molecule has 1 aliphatic heterocycles. The molecule has 3 heterocycles. The fraction of sp³-hybridized carbons (Fsp3) is 0.250. The highest BCUT2D eigenvalue weighted by molar-refractivity contribution is 6.30. The molecule has 0 atom stereocenters. The third-order valence-electron chi connectivity index (χ3n) is 5.90. The van der Waals surface area contributed by atoms with Crippen LogP contribution in [0.2, 0.25) is 5.02 Å². The summed E-state index contributed by atoms with van der Waals surface area (Å²) in [4.78, 5) is 19.2. The van der Waals surface area contributed by atoms with Crippen molar-refractivity contribution in [3.05, 3.63) is 84.0 Å².